The van der Waals surface area contributed by atoms with E-state index in [1.165, 1.54) is 16.8 Å². The van der Waals surface area contributed by atoms with Crippen molar-refractivity contribution in [3.63, 3.8) is 0 Å². The van der Waals surface area contributed by atoms with Gasteiger partial charge in [0.05, 0.1) is 0 Å². The van der Waals surface area contributed by atoms with Crippen LogP contribution in [0.25, 0.3) is 0 Å². The predicted molar refractivity (Wildman–Crippen MR) is 68.5 cm³/mol. The second kappa shape index (κ2) is 3.84. The third-order valence-electron chi connectivity index (χ3n) is 3.00. The van der Waals surface area contributed by atoms with Crippen LogP contribution in [0.5, 0.6) is 0 Å². The number of para-hydroxylation sites is 1. The molecule has 0 radical (unpaired) electrons. The smallest absolute Gasteiger partial charge is 0.0431 e. The lowest BCUT2D eigenvalue weighted by Crippen LogP contribution is -2.04. The van der Waals surface area contributed by atoms with E-state index in [4.69, 9.17) is 11.6 Å². The molecule has 0 aromatic heterocycles. The number of hydrogen-bond acceptors (Lipinski definition) is 1. The molecule has 0 unspecified atom stereocenters. The van der Waals surface area contributed by atoms with Crippen molar-refractivity contribution in [3.05, 3.63) is 64.4 Å². The fraction of sp³-hybridized carbons (Fsp3) is 0.143. The zero-order chi connectivity index (χ0) is 11.0. The fourth-order valence-corrected chi connectivity index (χ4v) is 2.30. The van der Waals surface area contributed by atoms with Crippen LogP contribution in [-0.4, -0.2) is 0 Å². The van der Waals surface area contributed by atoms with E-state index in [0.29, 0.717) is 0 Å². The molecular weight excluding hydrogens is 218 g/mol. The summed E-state index contributed by atoms with van der Waals surface area (Å²) in [5.41, 5.74) is 4.99. The van der Waals surface area contributed by atoms with Gasteiger partial charge in [-0.05, 0) is 36.1 Å². The largest absolute Gasteiger partial charge is 0.355 e. The van der Waals surface area contributed by atoms with Crippen LogP contribution in [0.1, 0.15) is 12.0 Å². The van der Waals surface area contributed by atoms with E-state index in [1.807, 2.05) is 6.08 Å². The highest BCUT2D eigenvalue weighted by atomic mass is 35.5. The summed E-state index contributed by atoms with van der Waals surface area (Å²) in [6, 6.07) is 8.40. The Hall–Kier alpha value is -1.47. The molecule has 0 atom stereocenters. The molecule has 1 aromatic carbocycles. The second-order valence-electron chi connectivity index (χ2n) is 4.07. The Morgan fingerprint density at radius 3 is 2.88 bits per heavy atom. The summed E-state index contributed by atoms with van der Waals surface area (Å²) in [7, 11) is 0. The van der Waals surface area contributed by atoms with Gasteiger partial charge in [-0.25, -0.2) is 0 Å². The molecule has 0 saturated heterocycles. The van der Waals surface area contributed by atoms with Gasteiger partial charge in [0.25, 0.3) is 0 Å². The first kappa shape index (κ1) is 9.73. The lowest BCUT2D eigenvalue weighted by Gasteiger charge is -2.15. The van der Waals surface area contributed by atoms with E-state index in [9.17, 15) is 0 Å². The van der Waals surface area contributed by atoms with E-state index in [-0.39, 0.29) is 0 Å². The summed E-state index contributed by atoms with van der Waals surface area (Å²) in [5.74, 6) is 0. The average molecular weight is 230 g/mol. The Labute approximate surface area is 100 Å². The zero-order valence-corrected chi connectivity index (χ0v) is 9.59. The molecule has 1 aromatic rings. The average Bonchev–Trinajstić information content (AvgIpc) is 2.47. The monoisotopic (exact) mass is 229 g/mol. The molecule has 80 valence electrons. The highest BCUT2D eigenvalue weighted by Gasteiger charge is 2.14. The molecule has 1 nitrogen and oxygen atoms in total. The van der Waals surface area contributed by atoms with Crippen LogP contribution in [0.15, 0.2) is 58.8 Å². The van der Waals surface area contributed by atoms with E-state index in [1.54, 1.807) is 0 Å². The van der Waals surface area contributed by atoms with E-state index >= 15 is 0 Å². The number of hydrogen-bond donors (Lipinski definition) is 1. The fourth-order valence-electron chi connectivity index (χ4n) is 2.12. The van der Waals surface area contributed by atoms with Crippen LogP contribution in [0.4, 0.5) is 5.69 Å². The maximum Gasteiger partial charge on any atom is 0.0431 e. The highest BCUT2D eigenvalue weighted by molar-refractivity contribution is 6.31. The normalized spacial score (nSPS) is 18.2. The molecule has 16 heavy (non-hydrogen) atoms. The quantitative estimate of drug-likeness (QED) is 0.709. The lowest BCUT2D eigenvalue weighted by molar-refractivity contribution is 1.16. The molecule has 0 amide bonds. The Morgan fingerprint density at radius 1 is 1.06 bits per heavy atom. The summed E-state index contributed by atoms with van der Waals surface area (Å²) in [4.78, 5) is 0. The van der Waals surface area contributed by atoms with Crippen molar-refractivity contribution in [2.45, 2.75) is 12.8 Å². The van der Waals surface area contributed by atoms with Crippen LogP contribution < -0.4 is 5.32 Å². The van der Waals surface area contributed by atoms with Crippen molar-refractivity contribution in [1.82, 2.24) is 0 Å². The third kappa shape index (κ3) is 1.68. The topological polar surface area (TPSA) is 12.0 Å². The minimum absolute atomic E-state index is 0.819. The summed E-state index contributed by atoms with van der Waals surface area (Å²) in [5, 5.41) is 4.28. The molecule has 2 aliphatic rings. The van der Waals surface area contributed by atoms with Gasteiger partial charge in [-0.3, -0.25) is 0 Å². The molecular formula is C14H12ClN. The Balaban J connectivity index is 2.06. The zero-order valence-electron chi connectivity index (χ0n) is 8.83. The van der Waals surface area contributed by atoms with Crippen LogP contribution in [0.3, 0.4) is 0 Å². The molecule has 0 bridgehead atoms. The maximum atomic E-state index is 6.03. The summed E-state index contributed by atoms with van der Waals surface area (Å²) >= 11 is 6.03. The van der Waals surface area contributed by atoms with Gasteiger partial charge in [-0.1, -0.05) is 42.0 Å². The number of fused-ring (bicyclic) bond motifs is 2. The van der Waals surface area contributed by atoms with Crippen LogP contribution in [0.2, 0.25) is 0 Å². The maximum absolute atomic E-state index is 6.03. The highest BCUT2D eigenvalue weighted by Crippen LogP contribution is 2.31. The van der Waals surface area contributed by atoms with Crippen molar-refractivity contribution in [3.8, 4) is 0 Å². The molecule has 2 heteroatoms. The van der Waals surface area contributed by atoms with Gasteiger partial charge < -0.3 is 5.32 Å². The van der Waals surface area contributed by atoms with Gasteiger partial charge in [-0.2, -0.15) is 0 Å². The Kier molecular flexibility index (Phi) is 2.33. The molecule has 0 saturated carbocycles. The molecule has 1 aliphatic heterocycles. The molecule has 0 spiro atoms. The Bertz CT molecular complexity index is 523. The molecule has 1 N–H and O–H groups in total. The van der Waals surface area contributed by atoms with Gasteiger partial charge >= 0.3 is 0 Å². The number of halogens is 1. The molecule has 3 rings (SSSR count). The summed E-state index contributed by atoms with van der Waals surface area (Å²) in [6.45, 7) is 0. The first-order valence-corrected chi connectivity index (χ1v) is 5.82. The number of allylic oxidation sites excluding steroid dienone is 5. The van der Waals surface area contributed by atoms with Crippen molar-refractivity contribution < 1.29 is 0 Å². The molecule has 1 aliphatic carbocycles. The second-order valence-corrected chi connectivity index (χ2v) is 4.50. The minimum Gasteiger partial charge on any atom is -0.355 e. The minimum atomic E-state index is 0.819. The van der Waals surface area contributed by atoms with Crippen molar-refractivity contribution >= 4 is 17.3 Å². The van der Waals surface area contributed by atoms with Gasteiger partial charge in [0.15, 0.2) is 0 Å². The Morgan fingerprint density at radius 2 is 1.94 bits per heavy atom. The first-order valence-electron chi connectivity index (χ1n) is 5.44. The molecule has 0 fully saturated rings. The van der Waals surface area contributed by atoms with Gasteiger partial charge in [0.2, 0.25) is 0 Å². The number of nitrogens with one attached hydrogen (secondary N) is 1. The van der Waals surface area contributed by atoms with Crippen LogP contribution in [-0.2, 0) is 6.42 Å². The molecule has 1 heterocycles. The van der Waals surface area contributed by atoms with Crippen molar-refractivity contribution in [2.75, 3.05) is 5.32 Å². The van der Waals surface area contributed by atoms with E-state index in [2.05, 4.69) is 41.7 Å². The summed E-state index contributed by atoms with van der Waals surface area (Å²) in [6.07, 6.45) is 8.24. The SMILES string of the molecule is ClC1=CCC2=CCc3ccccc3NC2=C1. The van der Waals surface area contributed by atoms with Gasteiger partial charge in [0, 0.05) is 16.4 Å². The van der Waals surface area contributed by atoms with E-state index in [0.717, 1.165) is 23.6 Å². The number of rotatable bonds is 0. The lowest BCUT2D eigenvalue weighted by atomic mass is 10.0. The third-order valence-corrected chi connectivity index (χ3v) is 3.26. The first-order chi connectivity index (χ1) is 7.83. The van der Waals surface area contributed by atoms with Crippen LogP contribution >= 0.6 is 11.6 Å². The standard InChI is InChI=1S/C14H12ClN/c15-12-8-7-11-6-5-10-3-1-2-4-13(10)16-14(11)9-12/h1-4,6,8-9,16H,5,7H2. The van der Waals surface area contributed by atoms with Gasteiger partial charge in [0.1, 0.15) is 0 Å². The predicted octanol–water partition coefficient (Wildman–Crippen LogP) is 3.99. The van der Waals surface area contributed by atoms with Crippen molar-refractivity contribution in [2.24, 2.45) is 0 Å². The van der Waals surface area contributed by atoms with Gasteiger partial charge in [-0.15, -0.1) is 0 Å². The van der Waals surface area contributed by atoms with E-state index < -0.39 is 0 Å². The number of benzene rings is 1. The number of anilines is 1. The van der Waals surface area contributed by atoms with Crippen molar-refractivity contribution in [1.29, 1.82) is 0 Å². The summed E-state index contributed by atoms with van der Waals surface area (Å²) < 4.78 is 0. The van der Waals surface area contributed by atoms with Crippen LogP contribution in [0, 0.1) is 0 Å².